The molecule has 0 aliphatic heterocycles. The normalized spacial score (nSPS) is 14.3. The Kier molecular flexibility index (Phi) is 15.1. The van der Waals surface area contributed by atoms with Gasteiger partial charge in [-0.3, -0.25) is 9.59 Å². The molecule has 3 N–H and O–H groups in total. The molecule has 0 aliphatic carbocycles. The highest BCUT2D eigenvalue weighted by molar-refractivity contribution is 8.25. The molecule has 2 aromatic rings. The van der Waals surface area contributed by atoms with Crippen molar-refractivity contribution in [3.05, 3.63) is 78.1 Å². The second-order valence-electron chi connectivity index (χ2n) is 12.8. The molecule has 254 valence electrons. The minimum Gasteiger partial charge on any atom is -0.462 e. The topological polar surface area (TPSA) is 138 Å². The van der Waals surface area contributed by atoms with Crippen molar-refractivity contribution in [2.75, 3.05) is 19.7 Å². The number of carbonyl (C=O) groups excluding carboxylic acids is 3. The van der Waals surface area contributed by atoms with Gasteiger partial charge in [0.15, 0.2) is 0 Å². The highest BCUT2D eigenvalue weighted by atomic mass is 32.2. The molecular weight excluding hydrogens is 635 g/mol. The first kappa shape index (κ1) is 39.5. The van der Waals surface area contributed by atoms with Crippen LogP contribution in [0.4, 0.5) is 0 Å². The molecule has 0 aromatic heterocycles. The molecule has 3 atom stereocenters. The number of aliphatic hydroxyl groups excluding tert-OH is 1. The largest absolute Gasteiger partial charge is 0.462 e. The smallest absolute Gasteiger partial charge is 0.338 e. The van der Waals surface area contributed by atoms with Gasteiger partial charge in [-0.1, -0.05) is 74.7 Å². The monoisotopic (exact) mass is 681 g/mol. The summed E-state index contributed by atoms with van der Waals surface area (Å²) in [4.78, 5) is 40.2. The van der Waals surface area contributed by atoms with Gasteiger partial charge in [0.05, 0.1) is 44.4 Å². The number of hydrogen-bond acceptors (Lipinski definition) is 9. The van der Waals surface area contributed by atoms with Gasteiger partial charge < -0.3 is 25.2 Å². The van der Waals surface area contributed by atoms with Crippen molar-refractivity contribution in [1.82, 2.24) is 10.6 Å². The second-order valence-corrected chi connectivity index (χ2v) is 14.9. The van der Waals surface area contributed by atoms with Crippen LogP contribution in [0.3, 0.4) is 0 Å². The lowest BCUT2D eigenvalue weighted by Gasteiger charge is -2.40. The van der Waals surface area contributed by atoms with Gasteiger partial charge in [0.25, 0.3) is 0 Å². The first-order valence-electron chi connectivity index (χ1n) is 15.6. The molecule has 0 spiro atoms. The van der Waals surface area contributed by atoms with E-state index in [1.807, 2.05) is 37.3 Å². The third kappa shape index (κ3) is 12.8. The van der Waals surface area contributed by atoms with Crippen molar-refractivity contribution >= 4 is 46.0 Å². The van der Waals surface area contributed by atoms with Crippen LogP contribution < -0.4 is 15.4 Å². The summed E-state index contributed by atoms with van der Waals surface area (Å²) < 4.78 is 10.3. The molecular formula is C36H47N3O6S2. The Hall–Kier alpha value is -3.72. The lowest BCUT2D eigenvalue weighted by atomic mass is 9.69. The minimum absolute atomic E-state index is 0.0193. The number of benzene rings is 2. The molecule has 2 aromatic carbocycles. The molecule has 0 radical (unpaired) electrons. The van der Waals surface area contributed by atoms with Crippen molar-refractivity contribution in [3.63, 3.8) is 0 Å². The molecule has 47 heavy (non-hydrogen) atoms. The molecule has 3 unspecified atom stereocenters. The number of allylic oxidation sites excluding steroid dienone is 1. The number of thioether (sulfide) groups is 1. The minimum atomic E-state index is -1.27. The molecule has 0 heterocycles. The van der Waals surface area contributed by atoms with Crippen molar-refractivity contribution in [2.24, 2.45) is 10.8 Å². The zero-order valence-electron chi connectivity index (χ0n) is 28.2. The Bertz CT molecular complexity index is 1440. The van der Waals surface area contributed by atoms with E-state index in [0.717, 1.165) is 30.2 Å². The molecule has 0 saturated heterocycles. The predicted octanol–water partition coefficient (Wildman–Crippen LogP) is 6.35. The standard InChI is InChI=1S/C36H47N3O6S2/c1-8-12-26(3)45-29-17-15-27(16-18-29)30(41)44-20-19-38-33(43)36(7,47-31(46)28-13-10-9-11-14-28)23-35(6,22-34(4,5)24-37)32(42)39-21-25(2)40/h9-11,13-18,25,40H,3,8,12,19-23H2,1-2,4-7H3,(H,38,43)(H,39,42). The van der Waals surface area contributed by atoms with E-state index in [4.69, 9.17) is 21.7 Å². The Morgan fingerprint density at radius 3 is 2.21 bits per heavy atom. The summed E-state index contributed by atoms with van der Waals surface area (Å²) in [6, 6.07) is 18.0. The maximum absolute atomic E-state index is 13.9. The lowest BCUT2D eigenvalue weighted by Crippen LogP contribution is -2.52. The highest BCUT2D eigenvalue weighted by Gasteiger charge is 2.48. The first-order chi connectivity index (χ1) is 22.0. The van der Waals surface area contributed by atoms with E-state index in [9.17, 15) is 24.8 Å². The van der Waals surface area contributed by atoms with E-state index < -0.39 is 33.6 Å². The number of thiocarbonyl (C=S) groups is 1. The summed E-state index contributed by atoms with van der Waals surface area (Å²) in [5.41, 5.74) is -0.993. The molecule has 0 bridgehead atoms. The number of carbonyl (C=O) groups is 3. The number of nitriles is 1. The van der Waals surface area contributed by atoms with Crippen LogP contribution in [0.2, 0.25) is 0 Å². The second kappa shape index (κ2) is 18.0. The maximum atomic E-state index is 13.9. The fourth-order valence-electron chi connectivity index (χ4n) is 5.17. The summed E-state index contributed by atoms with van der Waals surface area (Å²) in [6.45, 7) is 14.3. The van der Waals surface area contributed by atoms with Crippen LogP contribution in [0.1, 0.15) is 83.1 Å². The third-order valence-electron chi connectivity index (χ3n) is 7.28. The van der Waals surface area contributed by atoms with Crippen molar-refractivity contribution in [2.45, 2.75) is 78.1 Å². The van der Waals surface area contributed by atoms with Crippen LogP contribution >= 0.6 is 24.0 Å². The molecule has 2 amide bonds. The Morgan fingerprint density at radius 2 is 1.64 bits per heavy atom. The Balaban J connectivity index is 2.22. The summed E-state index contributed by atoms with van der Waals surface area (Å²) >= 11 is 6.90. The molecule has 9 nitrogen and oxygen atoms in total. The van der Waals surface area contributed by atoms with Crippen molar-refractivity contribution in [3.8, 4) is 11.8 Å². The number of rotatable bonds is 18. The average molecular weight is 682 g/mol. The maximum Gasteiger partial charge on any atom is 0.338 e. The molecule has 0 saturated carbocycles. The Labute approximate surface area is 288 Å². The van der Waals surface area contributed by atoms with Crippen LogP contribution in [0.15, 0.2) is 66.9 Å². The fourth-order valence-corrected chi connectivity index (χ4v) is 7.08. The third-order valence-corrected chi connectivity index (χ3v) is 8.97. The SMILES string of the molecule is C=C(CCC)Oc1ccc(C(=O)OCCNC(=O)C(C)(CC(C)(CC(C)(C)C#N)C(=O)NCC(C)O)SC(=S)c2ccccc2)cc1. The molecule has 0 aliphatic rings. The van der Waals surface area contributed by atoms with Gasteiger partial charge in [-0.2, -0.15) is 5.26 Å². The van der Waals surface area contributed by atoms with E-state index in [0.29, 0.717) is 21.3 Å². The van der Waals surface area contributed by atoms with Crippen LogP contribution in [-0.2, 0) is 14.3 Å². The van der Waals surface area contributed by atoms with Gasteiger partial charge in [0, 0.05) is 18.4 Å². The number of nitrogens with zero attached hydrogens (tertiary/aromatic N) is 1. The van der Waals surface area contributed by atoms with Crippen LogP contribution in [0.5, 0.6) is 5.75 Å². The molecule has 0 fully saturated rings. The van der Waals surface area contributed by atoms with E-state index in [-0.39, 0.29) is 38.4 Å². The van der Waals surface area contributed by atoms with E-state index in [2.05, 4.69) is 23.3 Å². The lowest BCUT2D eigenvalue weighted by molar-refractivity contribution is -0.134. The number of aliphatic hydroxyl groups is 1. The first-order valence-corrected chi connectivity index (χ1v) is 16.8. The summed E-state index contributed by atoms with van der Waals surface area (Å²) in [5.74, 6) is -0.131. The number of amides is 2. The fraction of sp³-hybridized carbons (Fsp3) is 0.472. The predicted molar refractivity (Wildman–Crippen MR) is 190 cm³/mol. The van der Waals surface area contributed by atoms with Crippen LogP contribution in [-0.4, -0.2) is 57.6 Å². The van der Waals surface area contributed by atoms with Gasteiger partial charge in [-0.25, -0.2) is 4.79 Å². The van der Waals surface area contributed by atoms with Gasteiger partial charge in [-0.15, -0.1) is 0 Å². The molecule has 2 rings (SSSR count). The number of ether oxygens (including phenoxy) is 2. The van der Waals surface area contributed by atoms with E-state index in [1.54, 1.807) is 58.9 Å². The summed E-state index contributed by atoms with van der Waals surface area (Å²) in [7, 11) is 0. The van der Waals surface area contributed by atoms with Crippen molar-refractivity contribution in [1.29, 1.82) is 5.26 Å². The number of nitrogens with one attached hydrogen (secondary N) is 2. The zero-order chi connectivity index (χ0) is 35.3. The summed E-state index contributed by atoms with van der Waals surface area (Å²) in [6.07, 6.45) is 1.05. The average Bonchev–Trinajstić information content (AvgIpc) is 3.02. The van der Waals surface area contributed by atoms with Crippen molar-refractivity contribution < 1.29 is 29.0 Å². The van der Waals surface area contributed by atoms with Gasteiger partial charge in [-0.05, 0) is 76.8 Å². The number of esters is 1. The van der Waals surface area contributed by atoms with E-state index >= 15 is 0 Å². The van der Waals surface area contributed by atoms with Gasteiger partial charge >= 0.3 is 5.97 Å². The van der Waals surface area contributed by atoms with Crippen LogP contribution in [0, 0.1) is 22.2 Å². The summed E-state index contributed by atoms with van der Waals surface area (Å²) in [5, 5.41) is 25.3. The van der Waals surface area contributed by atoms with Gasteiger partial charge in [0.2, 0.25) is 11.8 Å². The van der Waals surface area contributed by atoms with Gasteiger partial charge in [0.1, 0.15) is 12.4 Å². The molecule has 11 heteroatoms. The highest BCUT2D eigenvalue weighted by Crippen LogP contribution is 2.45. The van der Waals surface area contributed by atoms with E-state index in [1.165, 1.54) is 0 Å². The number of hydrogen-bond donors (Lipinski definition) is 3. The zero-order valence-corrected chi connectivity index (χ0v) is 29.8. The quantitative estimate of drug-likeness (QED) is 0.0711. The Morgan fingerprint density at radius 1 is 1.00 bits per heavy atom. The van der Waals surface area contributed by atoms with Crippen LogP contribution in [0.25, 0.3) is 0 Å².